The molecule has 1 nitrogen and oxygen atoms in total. The van der Waals surface area contributed by atoms with Crippen LogP contribution in [0.5, 0.6) is 0 Å². The molecule has 0 aliphatic rings. The molecule has 0 fully saturated rings. The zero-order chi connectivity index (χ0) is 12.8. The van der Waals surface area contributed by atoms with Gasteiger partial charge in [0.2, 0.25) is 0 Å². The molecule has 18 heavy (non-hydrogen) atoms. The first-order valence-corrected chi connectivity index (χ1v) is 6.33. The summed E-state index contributed by atoms with van der Waals surface area (Å²) >= 11 is 0. The minimum atomic E-state index is 1.17. The van der Waals surface area contributed by atoms with E-state index in [0.717, 1.165) is 0 Å². The zero-order valence-corrected chi connectivity index (χ0v) is 10.8. The Bertz CT molecular complexity index is 609. The maximum atomic E-state index is 4.17. The highest BCUT2D eigenvalue weighted by Crippen LogP contribution is 2.27. The molecule has 0 atom stereocenters. The number of benzene rings is 2. The molecule has 1 heteroatoms. The number of fused-ring (bicyclic) bond motifs is 1. The van der Waals surface area contributed by atoms with Crippen molar-refractivity contribution in [3.63, 3.8) is 0 Å². The molecule has 0 amide bonds. The summed E-state index contributed by atoms with van der Waals surface area (Å²) in [5.74, 6) is 0. The molecule has 0 bridgehead atoms. The predicted molar refractivity (Wildman–Crippen MR) is 78.5 cm³/mol. The third-order valence-electron chi connectivity index (χ3n) is 2.76. The highest BCUT2D eigenvalue weighted by molar-refractivity contribution is 5.96. The Hall–Kier alpha value is -2.15. The van der Waals surface area contributed by atoms with Gasteiger partial charge in [-0.1, -0.05) is 62.4 Å². The molecule has 0 aliphatic heterocycles. The maximum absolute atomic E-state index is 4.17. The minimum Gasteiger partial charge on any atom is -0.264 e. The largest absolute Gasteiger partial charge is 0.264 e. The van der Waals surface area contributed by atoms with Crippen molar-refractivity contribution in [2.75, 3.05) is 0 Å². The van der Waals surface area contributed by atoms with Crippen molar-refractivity contribution in [2.24, 2.45) is 0 Å². The number of nitrogens with zero attached hydrogens (tertiary/aromatic N) is 1. The summed E-state index contributed by atoms with van der Waals surface area (Å²) in [4.78, 5) is 4.17. The average Bonchev–Trinajstić information content (AvgIpc) is 2.50. The topological polar surface area (TPSA) is 12.9 Å². The van der Waals surface area contributed by atoms with E-state index in [9.17, 15) is 0 Å². The third-order valence-corrected chi connectivity index (χ3v) is 2.76. The minimum absolute atomic E-state index is 1.17. The van der Waals surface area contributed by atoms with Crippen LogP contribution in [0.1, 0.15) is 13.8 Å². The molecule has 0 saturated heterocycles. The molecule has 0 aliphatic carbocycles. The first-order chi connectivity index (χ1) is 8.95. The van der Waals surface area contributed by atoms with Crippen LogP contribution in [0.3, 0.4) is 0 Å². The molecular formula is C17H17N. The highest BCUT2D eigenvalue weighted by Gasteiger charge is 2.01. The van der Waals surface area contributed by atoms with E-state index >= 15 is 0 Å². The van der Waals surface area contributed by atoms with Gasteiger partial charge < -0.3 is 0 Å². The zero-order valence-electron chi connectivity index (χ0n) is 10.8. The van der Waals surface area contributed by atoms with Crippen LogP contribution in [-0.2, 0) is 0 Å². The van der Waals surface area contributed by atoms with Crippen LogP contribution in [0.15, 0.2) is 67.0 Å². The maximum Gasteiger partial charge on any atom is 0.0346 e. The fourth-order valence-corrected chi connectivity index (χ4v) is 2.00. The van der Waals surface area contributed by atoms with Crippen molar-refractivity contribution in [3.05, 3.63) is 67.0 Å². The van der Waals surface area contributed by atoms with Gasteiger partial charge in [0, 0.05) is 18.0 Å². The fraction of sp³-hybridized carbons (Fsp3) is 0.118. The molecule has 0 N–H and O–H groups in total. The molecule has 3 rings (SSSR count). The molecule has 0 unspecified atom stereocenters. The lowest BCUT2D eigenvalue weighted by Gasteiger charge is -2.05. The molecule has 3 aromatic rings. The Morgan fingerprint density at radius 2 is 1.56 bits per heavy atom. The summed E-state index contributed by atoms with van der Waals surface area (Å²) < 4.78 is 0. The van der Waals surface area contributed by atoms with Gasteiger partial charge in [0.05, 0.1) is 0 Å². The Morgan fingerprint density at radius 3 is 2.33 bits per heavy atom. The normalized spacial score (nSPS) is 9.67. The van der Waals surface area contributed by atoms with E-state index in [-0.39, 0.29) is 0 Å². The van der Waals surface area contributed by atoms with Gasteiger partial charge in [-0.05, 0) is 22.4 Å². The molecular weight excluding hydrogens is 218 g/mol. The summed E-state index contributed by atoms with van der Waals surface area (Å²) in [6.07, 6.45) is 3.70. The number of hydrogen-bond donors (Lipinski definition) is 0. The van der Waals surface area contributed by atoms with Crippen LogP contribution >= 0.6 is 0 Å². The molecule has 1 heterocycles. The summed E-state index contributed by atoms with van der Waals surface area (Å²) in [6.45, 7) is 4.00. The fourth-order valence-electron chi connectivity index (χ4n) is 2.00. The van der Waals surface area contributed by atoms with E-state index in [1.807, 2.05) is 26.1 Å². The van der Waals surface area contributed by atoms with Crippen LogP contribution < -0.4 is 0 Å². The van der Waals surface area contributed by atoms with E-state index in [0.29, 0.717) is 0 Å². The molecule has 90 valence electrons. The van der Waals surface area contributed by atoms with Gasteiger partial charge in [-0.15, -0.1) is 0 Å². The van der Waals surface area contributed by atoms with E-state index in [4.69, 9.17) is 0 Å². The number of pyridine rings is 1. The van der Waals surface area contributed by atoms with Crippen LogP contribution in [-0.4, -0.2) is 4.98 Å². The quantitative estimate of drug-likeness (QED) is 0.583. The van der Waals surface area contributed by atoms with E-state index < -0.39 is 0 Å². The van der Waals surface area contributed by atoms with Gasteiger partial charge in [0.15, 0.2) is 0 Å². The molecule has 0 spiro atoms. The number of aromatic nitrogens is 1. The predicted octanol–water partition coefficient (Wildman–Crippen LogP) is 4.93. The van der Waals surface area contributed by atoms with E-state index in [1.165, 1.54) is 21.9 Å². The Kier molecular flexibility index (Phi) is 4.08. The third kappa shape index (κ3) is 2.40. The SMILES string of the molecule is CC.c1cncc(-c2cccc3ccccc23)c1. The van der Waals surface area contributed by atoms with Crippen molar-refractivity contribution in [1.82, 2.24) is 4.98 Å². The standard InChI is InChI=1S/C15H11N.C2H6/c1-2-8-14-12(5-1)6-3-9-15(14)13-7-4-10-16-11-13;1-2/h1-11H;1-2H3. The number of hydrogen-bond acceptors (Lipinski definition) is 1. The average molecular weight is 235 g/mol. The molecule has 1 aromatic heterocycles. The summed E-state index contributed by atoms with van der Waals surface area (Å²) in [6, 6.07) is 18.8. The van der Waals surface area contributed by atoms with Crippen molar-refractivity contribution in [3.8, 4) is 11.1 Å². The van der Waals surface area contributed by atoms with Gasteiger partial charge in [-0.3, -0.25) is 4.98 Å². The van der Waals surface area contributed by atoms with Crippen molar-refractivity contribution < 1.29 is 0 Å². The van der Waals surface area contributed by atoms with Crippen LogP contribution in [0, 0.1) is 0 Å². The molecule has 0 saturated carbocycles. The van der Waals surface area contributed by atoms with Crippen molar-refractivity contribution >= 4 is 10.8 Å². The second-order valence-electron chi connectivity index (χ2n) is 3.77. The van der Waals surface area contributed by atoms with Crippen LogP contribution in [0.25, 0.3) is 21.9 Å². The van der Waals surface area contributed by atoms with Crippen molar-refractivity contribution in [2.45, 2.75) is 13.8 Å². The lowest BCUT2D eigenvalue weighted by Crippen LogP contribution is -1.81. The monoisotopic (exact) mass is 235 g/mol. The summed E-state index contributed by atoms with van der Waals surface area (Å²) in [5, 5.41) is 2.54. The van der Waals surface area contributed by atoms with Crippen LogP contribution in [0.2, 0.25) is 0 Å². The number of rotatable bonds is 1. The smallest absolute Gasteiger partial charge is 0.0346 e. The van der Waals surface area contributed by atoms with Gasteiger partial charge >= 0.3 is 0 Å². The first-order valence-electron chi connectivity index (χ1n) is 6.33. The van der Waals surface area contributed by atoms with E-state index in [1.54, 1.807) is 6.20 Å². The Labute approximate surface area is 108 Å². The lowest BCUT2D eigenvalue weighted by molar-refractivity contribution is 1.33. The van der Waals surface area contributed by atoms with Crippen LogP contribution in [0.4, 0.5) is 0 Å². The highest BCUT2D eigenvalue weighted by atomic mass is 14.6. The Balaban J connectivity index is 0.000000574. The first kappa shape index (κ1) is 12.3. The summed E-state index contributed by atoms with van der Waals surface area (Å²) in [5.41, 5.74) is 2.41. The van der Waals surface area contributed by atoms with Gasteiger partial charge in [-0.25, -0.2) is 0 Å². The summed E-state index contributed by atoms with van der Waals surface area (Å²) in [7, 11) is 0. The second kappa shape index (κ2) is 5.97. The second-order valence-corrected chi connectivity index (χ2v) is 3.77. The molecule has 2 aromatic carbocycles. The van der Waals surface area contributed by atoms with Gasteiger partial charge in [0.25, 0.3) is 0 Å². The lowest BCUT2D eigenvalue weighted by atomic mass is 10.00. The van der Waals surface area contributed by atoms with Crippen molar-refractivity contribution in [1.29, 1.82) is 0 Å². The molecule has 0 radical (unpaired) electrons. The Morgan fingerprint density at radius 1 is 0.778 bits per heavy atom. The van der Waals surface area contributed by atoms with E-state index in [2.05, 4.69) is 53.5 Å². The van der Waals surface area contributed by atoms with Gasteiger partial charge in [-0.2, -0.15) is 0 Å². The van der Waals surface area contributed by atoms with Gasteiger partial charge in [0.1, 0.15) is 0 Å².